The SMILES string of the molecule is C=CS/C(=C\C)Cc1ccc(C=O)[nH]1. The van der Waals surface area contributed by atoms with Crippen molar-refractivity contribution < 1.29 is 4.79 Å². The summed E-state index contributed by atoms with van der Waals surface area (Å²) in [5.74, 6) is 0. The van der Waals surface area contributed by atoms with E-state index < -0.39 is 0 Å². The second-order valence-corrected chi connectivity index (χ2v) is 3.87. The van der Waals surface area contributed by atoms with Crippen molar-refractivity contribution in [2.24, 2.45) is 0 Å². The number of hydrogen-bond acceptors (Lipinski definition) is 2. The van der Waals surface area contributed by atoms with Gasteiger partial charge in [-0.1, -0.05) is 12.7 Å². The van der Waals surface area contributed by atoms with Gasteiger partial charge in [-0.15, -0.1) is 11.8 Å². The Bertz CT molecular complexity index is 352. The molecule has 0 radical (unpaired) electrons. The van der Waals surface area contributed by atoms with Gasteiger partial charge in [-0.3, -0.25) is 4.79 Å². The van der Waals surface area contributed by atoms with Crippen LogP contribution in [-0.2, 0) is 6.42 Å². The summed E-state index contributed by atoms with van der Waals surface area (Å²) < 4.78 is 0. The van der Waals surface area contributed by atoms with E-state index in [0.29, 0.717) is 5.69 Å². The smallest absolute Gasteiger partial charge is 0.166 e. The summed E-state index contributed by atoms with van der Waals surface area (Å²) in [6.45, 7) is 5.66. The van der Waals surface area contributed by atoms with E-state index in [1.165, 1.54) is 4.91 Å². The maximum atomic E-state index is 10.4. The van der Waals surface area contributed by atoms with Crippen LogP contribution in [0.2, 0.25) is 0 Å². The van der Waals surface area contributed by atoms with Crippen LogP contribution in [0.5, 0.6) is 0 Å². The number of aromatic nitrogens is 1. The molecule has 2 nitrogen and oxygen atoms in total. The Kier molecular flexibility index (Phi) is 4.26. The summed E-state index contributed by atoms with van der Waals surface area (Å²) in [6, 6.07) is 3.71. The zero-order chi connectivity index (χ0) is 10.4. The Balaban J connectivity index is 2.67. The number of H-pyrrole nitrogens is 1. The van der Waals surface area contributed by atoms with Crippen LogP contribution in [-0.4, -0.2) is 11.3 Å². The fourth-order valence-electron chi connectivity index (χ4n) is 1.14. The van der Waals surface area contributed by atoms with E-state index in [4.69, 9.17) is 0 Å². The van der Waals surface area contributed by atoms with Crippen LogP contribution >= 0.6 is 11.8 Å². The van der Waals surface area contributed by atoms with Gasteiger partial charge < -0.3 is 4.98 Å². The van der Waals surface area contributed by atoms with Crippen molar-refractivity contribution in [3.05, 3.63) is 46.5 Å². The van der Waals surface area contributed by atoms with Crippen LogP contribution in [0.3, 0.4) is 0 Å². The first-order valence-corrected chi connectivity index (χ1v) is 5.24. The van der Waals surface area contributed by atoms with Gasteiger partial charge in [-0.2, -0.15) is 0 Å². The van der Waals surface area contributed by atoms with Gasteiger partial charge in [0.2, 0.25) is 0 Å². The molecule has 0 aliphatic heterocycles. The molecule has 3 heteroatoms. The van der Waals surface area contributed by atoms with Crippen LogP contribution in [0.4, 0.5) is 0 Å². The van der Waals surface area contributed by atoms with E-state index in [0.717, 1.165) is 18.4 Å². The lowest BCUT2D eigenvalue weighted by molar-refractivity contribution is 0.111. The molecular weight excluding hydrogens is 194 g/mol. The number of carbonyl (C=O) groups excluding carboxylic acids is 1. The Labute approximate surface area is 88.1 Å². The number of carbonyl (C=O) groups is 1. The third kappa shape index (κ3) is 2.92. The summed E-state index contributed by atoms with van der Waals surface area (Å²) in [6.07, 6.45) is 3.69. The number of thioether (sulfide) groups is 1. The fourth-order valence-corrected chi connectivity index (χ4v) is 1.73. The lowest BCUT2D eigenvalue weighted by atomic mass is 10.3. The number of nitrogens with one attached hydrogen (secondary N) is 1. The lowest BCUT2D eigenvalue weighted by Gasteiger charge is -2.00. The predicted molar refractivity (Wildman–Crippen MR) is 61.4 cm³/mol. The predicted octanol–water partition coefficient (Wildman–Crippen LogP) is 3.15. The number of rotatable bonds is 5. The van der Waals surface area contributed by atoms with Gasteiger partial charge in [-0.05, 0) is 29.4 Å². The highest BCUT2D eigenvalue weighted by Crippen LogP contribution is 2.20. The largest absolute Gasteiger partial charge is 0.356 e. The van der Waals surface area contributed by atoms with Crippen LogP contribution in [0.15, 0.2) is 35.1 Å². The van der Waals surface area contributed by atoms with Gasteiger partial charge in [-0.25, -0.2) is 0 Å². The van der Waals surface area contributed by atoms with Crippen LogP contribution in [0.1, 0.15) is 23.1 Å². The molecule has 0 spiro atoms. The molecule has 0 aliphatic carbocycles. The van der Waals surface area contributed by atoms with Crippen molar-refractivity contribution in [3.63, 3.8) is 0 Å². The Morgan fingerprint density at radius 2 is 2.43 bits per heavy atom. The Morgan fingerprint density at radius 1 is 1.64 bits per heavy atom. The highest BCUT2D eigenvalue weighted by atomic mass is 32.2. The number of aldehydes is 1. The average molecular weight is 207 g/mol. The van der Waals surface area contributed by atoms with Gasteiger partial charge in [0, 0.05) is 12.1 Å². The summed E-state index contributed by atoms with van der Waals surface area (Å²) in [5, 5.41) is 1.80. The zero-order valence-corrected chi connectivity index (χ0v) is 8.93. The molecular formula is C11H13NOS. The second kappa shape index (κ2) is 5.50. The van der Waals surface area contributed by atoms with Crippen LogP contribution in [0, 0.1) is 0 Å². The molecule has 0 saturated heterocycles. The molecule has 0 unspecified atom stereocenters. The second-order valence-electron chi connectivity index (χ2n) is 2.77. The molecule has 1 heterocycles. The van der Waals surface area contributed by atoms with Crippen LogP contribution < -0.4 is 0 Å². The fraction of sp³-hybridized carbons (Fsp3) is 0.182. The maximum absolute atomic E-state index is 10.4. The third-order valence-electron chi connectivity index (χ3n) is 1.82. The summed E-state index contributed by atoms with van der Waals surface area (Å²) >= 11 is 1.60. The summed E-state index contributed by atoms with van der Waals surface area (Å²) in [4.78, 5) is 14.7. The molecule has 0 atom stereocenters. The van der Waals surface area contributed by atoms with E-state index in [-0.39, 0.29) is 0 Å². The highest BCUT2D eigenvalue weighted by Gasteiger charge is 2.00. The van der Waals surface area contributed by atoms with Gasteiger partial charge >= 0.3 is 0 Å². The first-order valence-electron chi connectivity index (χ1n) is 4.36. The molecule has 14 heavy (non-hydrogen) atoms. The van der Waals surface area contributed by atoms with Crippen molar-refractivity contribution in [3.8, 4) is 0 Å². The van der Waals surface area contributed by atoms with E-state index in [2.05, 4.69) is 11.6 Å². The molecule has 0 amide bonds. The molecule has 74 valence electrons. The summed E-state index contributed by atoms with van der Waals surface area (Å²) in [7, 11) is 0. The standard InChI is InChI=1S/C11H13NOS/c1-3-11(14-4-2)7-9-5-6-10(8-13)12-9/h3-6,8,12H,2,7H2,1H3/b11-3-. The number of hydrogen-bond donors (Lipinski definition) is 1. The lowest BCUT2D eigenvalue weighted by Crippen LogP contribution is -1.87. The Hall–Kier alpha value is -1.22. The average Bonchev–Trinajstić information content (AvgIpc) is 2.65. The quantitative estimate of drug-likeness (QED) is 0.752. The minimum absolute atomic E-state index is 0.624. The van der Waals surface area contributed by atoms with Crippen molar-refractivity contribution >= 4 is 18.0 Å². The normalized spacial score (nSPS) is 11.4. The third-order valence-corrected chi connectivity index (χ3v) is 2.67. The zero-order valence-electron chi connectivity index (χ0n) is 8.12. The molecule has 0 saturated carbocycles. The van der Waals surface area contributed by atoms with E-state index in [1.807, 2.05) is 19.1 Å². The van der Waals surface area contributed by atoms with Crippen molar-refractivity contribution in [1.82, 2.24) is 4.98 Å². The topological polar surface area (TPSA) is 32.9 Å². The minimum atomic E-state index is 0.624. The van der Waals surface area contributed by atoms with Crippen molar-refractivity contribution in [2.45, 2.75) is 13.3 Å². The molecule has 1 rings (SSSR count). The molecule has 1 N–H and O–H groups in total. The highest BCUT2D eigenvalue weighted by molar-refractivity contribution is 8.05. The van der Waals surface area contributed by atoms with Gasteiger partial charge in [0.15, 0.2) is 6.29 Å². The number of aromatic amines is 1. The first-order chi connectivity index (χ1) is 6.80. The van der Waals surface area contributed by atoms with Crippen LogP contribution in [0.25, 0.3) is 0 Å². The number of allylic oxidation sites excluding steroid dienone is 2. The molecule has 0 aromatic carbocycles. The summed E-state index contributed by atoms with van der Waals surface area (Å²) in [5.41, 5.74) is 1.67. The first kappa shape index (κ1) is 10.9. The molecule has 1 aromatic heterocycles. The van der Waals surface area contributed by atoms with Crippen molar-refractivity contribution in [1.29, 1.82) is 0 Å². The Morgan fingerprint density at radius 3 is 2.93 bits per heavy atom. The molecule has 0 aliphatic rings. The van der Waals surface area contributed by atoms with E-state index >= 15 is 0 Å². The maximum Gasteiger partial charge on any atom is 0.166 e. The minimum Gasteiger partial charge on any atom is -0.356 e. The molecule has 1 aromatic rings. The van der Waals surface area contributed by atoms with Crippen molar-refractivity contribution in [2.75, 3.05) is 0 Å². The van der Waals surface area contributed by atoms with Gasteiger partial charge in [0.05, 0.1) is 5.69 Å². The molecule has 0 bridgehead atoms. The van der Waals surface area contributed by atoms with Gasteiger partial charge in [0.25, 0.3) is 0 Å². The monoisotopic (exact) mass is 207 g/mol. The van der Waals surface area contributed by atoms with E-state index in [1.54, 1.807) is 23.2 Å². The van der Waals surface area contributed by atoms with Gasteiger partial charge in [0.1, 0.15) is 0 Å². The van der Waals surface area contributed by atoms with E-state index in [9.17, 15) is 4.79 Å². The molecule has 0 fully saturated rings.